The van der Waals surface area contributed by atoms with Crippen LogP contribution >= 0.6 is 0 Å². The summed E-state index contributed by atoms with van der Waals surface area (Å²) < 4.78 is 11.5. The molecule has 0 aromatic carbocycles. The van der Waals surface area contributed by atoms with Crippen LogP contribution in [0.2, 0.25) is 0 Å². The van der Waals surface area contributed by atoms with Crippen LogP contribution in [-0.4, -0.2) is 25.2 Å². The molecule has 4 unspecified atom stereocenters. The normalized spacial score (nSPS) is 32.1. The monoisotopic (exact) mass is 378 g/mol. The molecule has 0 aromatic rings. The fourth-order valence-electron chi connectivity index (χ4n) is 6.24. The van der Waals surface area contributed by atoms with Crippen LogP contribution in [0.5, 0.6) is 0 Å². The van der Waals surface area contributed by atoms with Gasteiger partial charge < -0.3 is 9.47 Å². The van der Waals surface area contributed by atoms with E-state index in [1.165, 1.54) is 11.1 Å². The number of esters is 2. The molecule has 2 rings (SSSR count). The maximum Gasteiger partial charge on any atom is 0.313 e. The second-order valence-electron chi connectivity index (χ2n) is 8.02. The Hall–Kier alpha value is -1.32. The van der Waals surface area contributed by atoms with Gasteiger partial charge in [0.25, 0.3) is 0 Å². The SMILES string of the molecule is CCCOC(=O)C1(CC)C2CC(C(CC)=C2CC)C1(CC)C(=O)OCCC. The molecular weight excluding hydrogens is 340 g/mol. The lowest BCUT2D eigenvalue weighted by Gasteiger charge is -2.50. The number of ether oxygens (including phenoxy) is 2. The summed E-state index contributed by atoms with van der Waals surface area (Å²) in [6, 6.07) is 0. The molecule has 0 spiro atoms. The van der Waals surface area contributed by atoms with Gasteiger partial charge in [-0.3, -0.25) is 9.59 Å². The molecule has 4 heteroatoms. The predicted octanol–water partition coefficient (Wildman–Crippen LogP) is 5.45. The highest BCUT2D eigenvalue weighted by Gasteiger charge is 2.75. The average Bonchev–Trinajstić information content (AvgIpc) is 3.21. The molecule has 0 N–H and O–H groups in total. The zero-order valence-corrected chi connectivity index (χ0v) is 18.2. The number of carbonyl (C=O) groups is 2. The standard InChI is InChI=1S/C23H38O4/c1-7-13-26-20(24)22(11-5)18-15-19(17(10-4)16(18)9-3)23(22,12-6)21(25)27-14-8-2/h18-19H,7-15H2,1-6H3. The van der Waals surface area contributed by atoms with Gasteiger partial charge in [0.2, 0.25) is 0 Å². The Morgan fingerprint density at radius 3 is 1.41 bits per heavy atom. The van der Waals surface area contributed by atoms with Gasteiger partial charge in [-0.25, -0.2) is 0 Å². The average molecular weight is 379 g/mol. The topological polar surface area (TPSA) is 52.6 Å². The first kappa shape index (κ1) is 22.0. The minimum Gasteiger partial charge on any atom is -0.465 e. The van der Waals surface area contributed by atoms with Gasteiger partial charge in [0.1, 0.15) is 0 Å². The van der Waals surface area contributed by atoms with Crippen LogP contribution in [0, 0.1) is 22.7 Å². The van der Waals surface area contributed by atoms with E-state index in [1.54, 1.807) is 0 Å². The number of rotatable bonds is 10. The van der Waals surface area contributed by atoms with Gasteiger partial charge >= 0.3 is 11.9 Å². The largest absolute Gasteiger partial charge is 0.465 e. The van der Waals surface area contributed by atoms with Crippen molar-refractivity contribution in [3.63, 3.8) is 0 Å². The third-order valence-corrected chi connectivity index (χ3v) is 7.19. The van der Waals surface area contributed by atoms with Crippen LogP contribution in [0.4, 0.5) is 0 Å². The zero-order chi connectivity index (χ0) is 20.2. The molecule has 2 aliphatic rings. The van der Waals surface area contributed by atoms with Crippen LogP contribution < -0.4 is 0 Å². The Morgan fingerprint density at radius 2 is 1.15 bits per heavy atom. The van der Waals surface area contributed by atoms with Gasteiger partial charge in [0.05, 0.1) is 24.0 Å². The van der Waals surface area contributed by atoms with E-state index in [9.17, 15) is 9.59 Å². The first-order valence-electron chi connectivity index (χ1n) is 11.0. The molecule has 0 radical (unpaired) electrons. The Kier molecular flexibility index (Phi) is 7.15. The molecule has 0 amide bonds. The molecule has 27 heavy (non-hydrogen) atoms. The van der Waals surface area contributed by atoms with E-state index in [0.717, 1.165) is 32.1 Å². The van der Waals surface area contributed by atoms with Crippen molar-refractivity contribution in [1.29, 1.82) is 0 Å². The van der Waals surface area contributed by atoms with Crippen LogP contribution in [-0.2, 0) is 19.1 Å². The number of hydrogen-bond acceptors (Lipinski definition) is 4. The van der Waals surface area contributed by atoms with Crippen molar-refractivity contribution in [3.8, 4) is 0 Å². The number of carbonyl (C=O) groups excluding carboxylic acids is 2. The molecule has 2 bridgehead atoms. The van der Waals surface area contributed by atoms with Crippen molar-refractivity contribution in [1.82, 2.24) is 0 Å². The molecule has 0 aliphatic heterocycles. The second kappa shape index (κ2) is 8.79. The summed E-state index contributed by atoms with van der Waals surface area (Å²) in [5, 5.41) is 0. The first-order chi connectivity index (χ1) is 13.0. The fraction of sp³-hybridized carbons (Fsp3) is 0.826. The summed E-state index contributed by atoms with van der Waals surface area (Å²) in [5.41, 5.74) is 1.20. The minimum atomic E-state index is -0.795. The lowest BCUT2D eigenvalue weighted by molar-refractivity contribution is -0.186. The maximum atomic E-state index is 13.5. The minimum absolute atomic E-state index is 0.103. The predicted molar refractivity (Wildman–Crippen MR) is 107 cm³/mol. The van der Waals surface area contributed by atoms with Gasteiger partial charge in [-0.1, -0.05) is 52.7 Å². The molecule has 2 aliphatic carbocycles. The molecule has 1 fully saturated rings. The van der Waals surface area contributed by atoms with Crippen molar-refractivity contribution in [2.24, 2.45) is 22.7 Å². The van der Waals surface area contributed by atoms with Crippen molar-refractivity contribution >= 4 is 11.9 Å². The van der Waals surface area contributed by atoms with Gasteiger partial charge in [-0.15, -0.1) is 0 Å². The quantitative estimate of drug-likeness (QED) is 0.374. The fourth-order valence-corrected chi connectivity index (χ4v) is 6.24. The van der Waals surface area contributed by atoms with Gasteiger partial charge in [0, 0.05) is 0 Å². The Morgan fingerprint density at radius 1 is 0.778 bits per heavy atom. The van der Waals surface area contributed by atoms with Gasteiger partial charge in [0.15, 0.2) is 0 Å². The van der Waals surface area contributed by atoms with Crippen molar-refractivity contribution in [3.05, 3.63) is 11.1 Å². The van der Waals surface area contributed by atoms with E-state index in [2.05, 4.69) is 13.8 Å². The van der Waals surface area contributed by atoms with E-state index in [0.29, 0.717) is 26.1 Å². The van der Waals surface area contributed by atoms with Crippen LogP contribution in [0.25, 0.3) is 0 Å². The number of allylic oxidation sites excluding steroid dienone is 2. The highest BCUT2D eigenvalue weighted by molar-refractivity contribution is 5.92. The van der Waals surface area contributed by atoms with Gasteiger partial charge in [-0.2, -0.15) is 0 Å². The summed E-state index contributed by atoms with van der Waals surface area (Å²) in [4.78, 5) is 27.0. The zero-order valence-electron chi connectivity index (χ0n) is 18.2. The number of fused-ring (bicyclic) bond motifs is 2. The summed E-state index contributed by atoms with van der Waals surface area (Å²) >= 11 is 0. The van der Waals surface area contributed by atoms with E-state index in [4.69, 9.17) is 9.47 Å². The Labute approximate surface area is 165 Å². The highest BCUT2D eigenvalue weighted by Crippen LogP contribution is 2.72. The third kappa shape index (κ3) is 2.94. The molecule has 0 saturated heterocycles. The third-order valence-electron chi connectivity index (χ3n) is 7.19. The molecule has 154 valence electrons. The molecule has 4 atom stereocenters. The van der Waals surface area contributed by atoms with Gasteiger partial charge in [-0.05, 0) is 56.8 Å². The lowest BCUT2D eigenvalue weighted by Crippen LogP contribution is -2.57. The Balaban J connectivity index is 2.66. The first-order valence-corrected chi connectivity index (χ1v) is 11.0. The lowest BCUT2D eigenvalue weighted by atomic mass is 9.52. The van der Waals surface area contributed by atoms with E-state index in [-0.39, 0.29) is 23.8 Å². The summed E-state index contributed by atoms with van der Waals surface area (Å²) in [5.74, 6) is -0.164. The smallest absolute Gasteiger partial charge is 0.313 e. The van der Waals surface area contributed by atoms with Crippen LogP contribution in [0.1, 0.15) is 86.5 Å². The summed E-state index contributed by atoms with van der Waals surface area (Å²) in [7, 11) is 0. The van der Waals surface area contributed by atoms with Crippen molar-refractivity contribution < 1.29 is 19.1 Å². The molecular formula is C23H38O4. The highest BCUT2D eigenvalue weighted by atomic mass is 16.5. The van der Waals surface area contributed by atoms with Crippen LogP contribution in [0.3, 0.4) is 0 Å². The van der Waals surface area contributed by atoms with Crippen molar-refractivity contribution in [2.75, 3.05) is 13.2 Å². The van der Waals surface area contributed by atoms with E-state index < -0.39 is 10.8 Å². The molecule has 4 nitrogen and oxygen atoms in total. The van der Waals surface area contributed by atoms with E-state index in [1.807, 2.05) is 27.7 Å². The van der Waals surface area contributed by atoms with Crippen molar-refractivity contribution in [2.45, 2.75) is 86.5 Å². The Bertz CT molecular complexity index is 543. The molecule has 0 heterocycles. The van der Waals surface area contributed by atoms with E-state index >= 15 is 0 Å². The summed E-state index contributed by atoms with van der Waals surface area (Å²) in [6.45, 7) is 13.3. The molecule has 1 saturated carbocycles. The summed E-state index contributed by atoms with van der Waals surface area (Å²) in [6.07, 6.45) is 5.58. The maximum absolute atomic E-state index is 13.5. The molecule has 0 aromatic heterocycles. The number of hydrogen-bond donors (Lipinski definition) is 0. The second-order valence-corrected chi connectivity index (χ2v) is 8.02. The van der Waals surface area contributed by atoms with Crippen LogP contribution in [0.15, 0.2) is 11.1 Å².